The largest absolute Gasteiger partial charge is 0.478 e. The lowest BCUT2D eigenvalue weighted by Crippen LogP contribution is -2.04. The summed E-state index contributed by atoms with van der Waals surface area (Å²) < 4.78 is 5.26. The molecule has 0 bridgehead atoms. The van der Waals surface area contributed by atoms with E-state index in [-0.39, 0.29) is 10.9 Å². The molecule has 0 radical (unpaired) electrons. The van der Waals surface area contributed by atoms with Crippen LogP contribution in [0.1, 0.15) is 10.4 Å². The molecule has 4 nitrogen and oxygen atoms in total. The number of benzene rings is 2. The molecular weight excluding hydrogens is 256 g/mol. The summed E-state index contributed by atoms with van der Waals surface area (Å²) in [4.78, 5) is 23.2. The number of hydrogen-bond acceptors (Lipinski definition) is 3. The topological polar surface area (TPSA) is 67.5 Å². The van der Waals surface area contributed by atoms with Crippen LogP contribution in [-0.4, -0.2) is 11.1 Å². The lowest BCUT2D eigenvalue weighted by atomic mass is 10.0. The summed E-state index contributed by atoms with van der Waals surface area (Å²) in [5.41, 5.74) is 0.281. The number of aromatic carboxylic acids is 1. The summed E-state index contributed by atoms with van der Waals surface area (Å²) in [5, 5.41) is 9.86. The molecular formula is C16H10O4. The molecule has 0 fully saturated rings. The van der Waals surface area contributed by atoms with Gasteiger partial charge in [0.15, 0.2) is 0 Å². The van der Waals surface area contributed by atoms with Crippen LogP contribution in [0.2, 0.25) is 0 Å². The fourth-order valence-corrected chi connectivity index (χ4v) is 2.15. The van der Waals surface area contributed by atoms with Crippen LogP contribution in [0.3, 0.4) is 0 Å². The van der Waals surface area contributed by atoms with E-state index in [0.717, 1.165) is 5.56 Å². The van der Waals surface area contributed by atoms with E-state index in [1.165, 1.54) is 12.1 Å². The van der Waals surface area contributed by atoms with E-state index < -0.39 is 11.6 Å². The number of carbonyl (C=O) groups is 1. The van der Waals surface area contributed by atoms with Crippen LogP contribution in [0.5, 0.6) is 0 Å². The van der Waals surface area contributed by atoms with Crippen molar-refractivity contribution in [3.63, 3.8) is 0 Å². The third-order valence-electron chi connectivity index (χ3n) is 3.09. The number of carboxylic acid groups (broad SMARTS) is 1. The highest BCUT2D eigenvalue weighted by Crippen LogP contribution is 2.24. The van der Waals surface area contributed by atoms with Crippen LogP contribution in [0.4, 0.5) is 0 Å². The van der Waals surface area contributed by atoms with Crippen molar-refractivity contribution in [1.82, 2.24) is 0 Å². The quantitative estimate of drug-likeness (QED) is 0.773. The molecule has 1 heterocycles. The first-order valence-electron chi connectivity index (χ1n) is 6.02. The average molecular weight is 266 g/mol. The summed E-state index contributed by atoms with van der Waals surface area (Å²) in [6, 6.07) is 15.2. The second-order valence-electron chi connectivity index (χ2n) is 4.34. The highest BCUT2D eigenvalue weighted by Gasteiger charge is 2.13. The van der Waals surface area contributed by atoms with Gasteiger partial charge in [-0.2, -0.15) is 0 Å². The van der Waals surface area contributed by atoms with Crippen LogP contribution in [0, 0.1) is 0 Å². The van der Waals surface area contributed by atoms with Gasteiger partial charge >= 0.3 is 11.6 Å². The van der Waals surface area contributed by atoms with Crippen molar-refractivity contribution in [1.29, 1.82) is 0 Å². The lowest BCUT2D eigenvalue weighted by molar-refractivity contribution is 0.0699. The Hall–Kier alpha value is -2.88. The molecule has 0 saturated carbocycles. The Kier molecular flexibility index (Phi) is 2.84. The van der Waals surface area contributed by atoms with E-state index in [9.17, 15) is 14.7 Å². The van der Waals surface area contributed by atoms with E-state index in [1.807, 2.05) is 18.2 Å². The van der Waals surface area contributed by atoms with Gasteiger partial charge < -0.3 is 9.52 Å². The first-order valence-corrected chi connectivity index (χ1v) is 6.02. The van der Waals surface area contributed by atoms with E-state index in [4.69, 9.17) is 4.42 Å². The van der Waals surface area contributed by atoms with E-state index in [1.54, 1.807) is 24.3 Å². The maximum atomic E-state index is 12.0. The van der Waals surface area contributed by atoms with Crippen LogP contribution >= 0.6 is 0 Å². The fourth-order valence-electron chi connectivity index (χ4n) is 2.15. The number of carboxylic acids is 1. The normalized spacial score (nSPS) is 10.6. The van der Waals surface area contributed by atoms with Gasteiger partial charge in [-0.25, -0.2) is 9.59 Å². The molecule has 0 atom stereocenters. The Balaban J connectivity index is 2.36. The van der Waals surface area contributed by atoms with Gasteiger partial charge in [0.05, 0.1) is 10.9 Å². The number of rotatable bonds is 2. The highest BCUT2D eigenvalue weighted by molar-refractivity contribution is 6.03. The third-order valence-corrected chi connectivity index (χ3v) is 3.09. The maximum absolute atomic E-state index is 12.0. The van der Waals surface area contributed by atoms with Crippen LogP contribution in [0.25, 0.3) is 22.1 Å². The van der Waals surface area contributed by atoms with Crippen LogP contribution in [-0.2, 0) is 0 Å². The monoisotopic (exact) mass is 266 g/mol. The molecule has 0 aliphatic rings. The molecule has 0 saturated heterocycles. The molecule has 3 rings (SSSR count). The minimum absolute atomic E-state index is 0.0904. The summed E-state index contributed by atoms with van der Waals surface area (Å²) >= 11 is 0. The predicted octanol–water partition coefficient (Wildman–Crippen LogP) is 3.16. The SMILES string of the molecule is O=C(O)c1cccc2c(=O)oc(-c3ccccc3)cc12. The Morgan fingerprint density at radius 3 is 2.40 bits per heavy atom. The molecule has 98 valence electrons. The maximum Gasteiger partial charge on any atom is 0.344 e. The molecule has 1 aromatic heterocycles. The zero-order valence-corrected chi connectivity index (χ0v) is 10.4. The third kappa shape index (κ3) is 1.97. The van der Waals surface area contributed by atoms with E-state index >= 15 is 0 Å². The zero-order chi connectivity index (χ0) is 14.1. The standard InChI is InChI=1S/C16H10O4/c17-15(18)11-7-4-8-12-13(11)9-14(20-16(12)19)10-5-2-1-3-6-10/h1-9H,(H,17,18). The van der Waals surface area contributed by atoms with Crippen molar-refractivity contribution in [2.75, 3.05) is 0 Å². The molecule has 0 unspecified atom stereocenters. The van der Waals surface area contributed by atoms with Gasteiger partial charge in [-0.05, 0) is 18.2 Å². The minimum atomic E-state index is -1.07. The van der Waals surface area contributed by atoms with Crippen molar-refractivity contribution in [2.45, 2.75) is 0 Å². The number of fused-ring (bicyclic) bond motifs is 1. The number of hydrogen-bond donors (Lipinski definition) is 1. The van der Waals surface area contributed by atoms with Crippen LogP contribution < -0.4 is 5.63 Å². The van der Waals surface area contributed by atoms with Crippen molar-refractivity contribution >= 4 is 16.7 Å². The molecule has 4 heteroatoms. The average Bonchev–Trinajstić information content (AvgIpc) is 2.47. The fraction of sp³-hybridized carbons (Fsp3) is 0. The van der Waals surface area contributed by atoms with Crippen molar-refractivity contribution in [3.05, 3.63) is 70.6 Å². The summed E-state index contributed by atoms with van der Waals surface area (Å²) in [7, 11) is 0. The zero-order valence-electron chi connectivity index (χ0n) is 10.4. The highest BCUT2D eigenvalue weighted by atomic mass is 16.4. The second-order valence-corrected chi connectivity index (χ2v) is 4.34. The molecule has 2 aromatic carbocycles. The van der Waals surface area contributed by atoms with Crippen molar-refractivity contribution in [2.24, 2.45) is 0 Å². The van der Waals surface area contributed by atoms with Gasteiger partial charge in [0.2, 0.25) is 0 Å². The molecule has 20 heavy (non-hydrogen) atoms. The van der Waals surface area contributed by atoms with Gasteiger partial charge in [0, 0.05) is 10.9 Å². The van der Waals surface area contributed by atoms with Gasteiger partial charge in [-0.1, -0.05) is 36.4 Å². The molecule has 0 amide bonds. The molecule has 3 aromatic rings. The van der Waals surface area contributed by atoms with Crippen LogP contribution in [0.15, 0.2) is 63.8 Å². The Labute approximate surface area is 113 Å². The molecule has 1 N–H and O–H groups in total. The van der Waals surface area contributed by atoms with Gasteiger partial charge in [0.1, 0.15) is 5.76 Å². The molecule has 0 aliphatic heterocycles. The predicted molar refractivity (Wildman–Crippen MR) is 74.9 cm³/mol. The Morgan fingerprint density at radius 1 is 0.950 bits per heavy atom. The van der Waals surface area contributed by atoms with E-state index in [2.05, 4.69) is 0 Å². The van der Waals surface area contributed by atoms with Gasteiger partial charge in [-0.3, -0.25) is 0 Å². The lowest BCUT2D eigenvalue weighted by Gasteiger charge is -2.04. The second kappa shape index (κ2) is 4.66. The van der Waals surface area contributed by atoms with Gasteiger partial charge in [-0.15, -0.1) is 0 Å². The van der Waals surface area contributed by atoms with Gasteiger partial charge in [0.25, 0.3) is 0 Å². The summed E-state index contributed by atoms with van der Waals surface area (Å²) in [6.07, 6.45) is 0. The summed E-state index contributed by atoms with van der Waals surface area (Å²) in [6.45, 7) is 0. The molecule has 0 aliphatic carbocycles. The van der Waals surface area contributed by atoms with Crippen molar-refractivity contribution in [3.8, 4) is 11.3 Å². The Bertz CT molecular complexity index is 847. The first-order chi connectivity index (χ1) is 9.66. The molecule has 0 spiro atoms. The van der Waals surface area contributed by atoms with E-state index in [0.29, 0.717) is 11.1 Å². The Morgan fingerprint density at radius 2 is 1.70 bits per heavy atom. The summed E-state index contributed by atoms with van der Waals surface area (Å²) in [5.74, 6) is -0.711. The first kappa shape index (κ1) is 12.2. The van der Waals surface area contributed by atoms with Crippen molar-refractivity contribution < 1.29 is 14.3 Å². The minimum Gasteiger partial charge on any atom is -0.478 e. The smallest absolute Gasteiger partial charge is 0.344 e.